The van der Waals surface area contributed by atoms with Gasteiger partial charge in [0.2, 0.25) is 0 Å². The van der Waals surface area contributed by atoms with Crippen molar-refractivity contribution in [3.63, 3.8) is 0 Å². The minimum atomic E-state index is -0.736. The van der Waals surface area contributed by atoms with Crippen molar-refractivity contribution < 1.29 is 14.6 Å². The average Bonchev–Trinajstić information content (AvgIpc) is 2.21. The molecule has 1 unspecified atom stereocenters. The monoisotopic (exact) mass is 236 g/mol. The molecule has 3 heteroatoms. The van der Waals surface area contributed by atoms with Gasteiger partial charge in [0.05, 0.1) is 6.61 Å². The smallest absolute Gasteiger partial charge is 0.303 e. The zero-order valence-electron chi connectivity index (χ0n) is 10.7. The number of carboxylic acid groups (broad SMARTS) is 1. The van der Waals surface area contributed by atoms with Gasteiger partial charge in [-0.05, 0) is 43.4 Å². The van der Waals surface area contributed by atoms with Crippen LogP contribution < -0.4 is 4.74 Å². The second kappa shape index (κ2) is 6.28. The Labute approximate surface area is 102 Å². The number of benzene rings is 1. The van der Waals surface area contributed by atoms with Crippen molar-refractivity contribution in [1.82, 2.24) is 0 Å². The quantitative estimate of drug-likeness (QED) is 0.825. The molecule has 0 aromatic heterocycles. The van der Waals surface area contributed by atoms with Crippen LogP contribution >= 0.6 is 0 Å². The highest BCUT2D eigenvalue weighted by Crippen LogP contribution is 2.21. The molecule has 0 fully saturated rings. The first kappa shape index (κ1) is 13.6. The minimum Gasteiger partial charge on any atom is -0.494 e. The molecule has 0 saturated carbocycles. The lowest BCUT2D eigenvalue weighted by atomic mass is 9.97. The minimum absolute atomic E-state index is 0.157. The molecule has 0 bridgehead atoms. The maximum atomic E-state index is 10.6. The Morgan fingerprint density at radius 3 is 2.71 bits per heavy atom. The van der Waals surface area contributed by atoms with E-state index in [9.17, 15) is 4.79 Å². The number of carbonyl (C=O) groups is 1. The fourth-order valence-corrected chi connectivity index (χ4v) is 1.93. The maximum absolute atomic E-state index is 10.6. The molecular formula is C14H20O3. The van der Waals surface area contributed by atoms with Crippen LogP contribution in [0.4, 0.5) is 0 Å². The molecule has 0 saturated heterocycles. The van der Waals surface area contributed by atoms with Gasteiger partial charge in [-0.3, -0.25) is 4.79 Å². The molecule has 0 aliphatic heterocycles. The molecule has 1 N–H and O–H groups in total. The van der Waals surface area contributed by atoms with E-state index in [-0.39, 0.29) is 12.3 Å². The van der Waals surface area contributed by atoms with Crippen molar-refractivity contribution in [2.75, 3.05) is 6.61 Å². The van der Waals surface area contributed by atoms with Crippen LogP contribution in [-0.2, 0) is 11.2 Å². The lowest BCUT2D eigenvalue weighted by Gasteiger charge is -2.12. The van der Waals surface area contributed by atoms with Crippen LogP contribution in [0.15, 0.2) is 18.2 Å². The second-order valence-electron chi connectivity index (χ2n) is 4.44. The molecule has 1 rings (SSSR count). The van der Waals surface area contributed by atoms with E-state index in [4.69, 9.17) is 9.84 Å². The standard InChI is InChI=1S/C14H20O3/c1-4-17-13-6-5-12(9-11(13)3)7-10(2)8-14(15)16/h5-6,9-10H,4,7-8H2,1-3H3,(H,15,16). The molecule has 1 aromatic carbocycles. The Hall–Kier alpha value is -1.51. The van der Waals surface area contributed by atoms with Gasteiger partial charge in [-0.2, -0.15) is 0 Å². The van der Waals surface area contributed by atoms with Crippen molar-refractivity contribution >= 4 is 5.97 Å². The highest BCUT2D eigenvalue weighted by atomic mass is 16.5. The summed E-state index contributed by atoms with van der Waals surface area (Å²) in [7, 11) is 0. The van der Waals surface area contributed by atoms with Gasteiger partial charge >= 0.3 is 5.97 Å². The third-order valence-electron chi connectivity index (χ3n) is 2.65. The van der Waals surface area contributed by atoms with E-state index in [0.717, 1.165) is 17.7 Å². The first-order valence-corrected chi connectivity index (χ1v) is 5.97. The summed E-state index contributed by atoms with van der Waals surface area (Å²) in [5, 5.41) is 8.71. The van der Waals surface area contributed by atoms with Gasteiger partial charge in [0.25, 0.3) is 0 Å². The van der Waals surface area contributed by atoms with Crippen LogP contribution in [0.1, 0.15) is 31.4 Å². The first-order valence-electron chi connectivity index (χ1n) is 5.97. The maximum Gasteiger partial charge on any atom is 0.303 e. The highest BCUT2D eigenvalue weighted by molar-refractivity contribution is 5.67. The molecule has 0 aliphatic carbocycles. The number of rotatable bonds is 6. The topological polar surface area (TPSA) is 46.5 Å². The number of carboxylic acids is 1. The van der Waals surface area contributed by atoms with Crippen LogP contribution in [0.2, 0.25) is 0 Å². The molecule has 0 amide bonds. The fraction of sp³-hybridized carbons (Fsp3) is 0.500. The van der Waals surface area contributed by atoms with E-state index in [1.165, 1.54) is 5.56 Å². The van der Waals surface area contributed by atoms with Gasteiger partial charge in [0, 0.05) is 6.42 Å². The van der Waals surface area contributed by atoms with Gasteiger partial charge in [-0.1, -0.05) is 19.1 Å². The zero-order valence-corrected chi connectivity index (χ0v) is 10.7. The number of aryl methyl sites for hydroxylation is 1. The highest BCUT2D eigenvalue weighted by Gasteiger charge is 2.09. The van der Waals surface area contributed by atoms with Crippen molar-refractivity contribution in [3.05, 3.63) is 29.3 Å². The molecule has 0 heterocycles. The van der Waals surface area contributed by atoms with Crippen LogP contribution in [0.25, 0.3) is 0 Å². The van der Waals surface area contributed by atoms with Crippen molar-refractivity contribution in [1.29, 1.82) is 0 Å². The van der Waals surface area contributed by atoms with E-state index in [2.05, 4.69) is 6.07 Å². The second-order valence-corrected chi connectivity index (χ2v) is 4.44. The normalized spacial score (nSPS) is 12.2. The Morgan fingerprint density at radius 2 is 2.18 bits per heavy atom. The largest absolute Gasteiger partial charge is 0.494 e. The van der Waals surface area contributed by atoms with Crippen molar-refractivity contribution in [2.24, 2.45) is 5.92 Å². The summed E-state index contributed by atoms with van der Waals surface area (Å²) in [6.07, 6.45) is 1.01. The SMILES string of the molecule is CCOc1ccc(CC(C)CC(=O)O)cc1C. The molecule has 0 aliphatic rings. The predicted molar refractivity (Wildman–Crippen MR) is 67.5 cm³/mol. The van der Waals surface area contributed by atoms with E-state index >= 15 is 0 Å². The third-order valence-corrected chi connectivity index (χ3v) is 2.65. The summed E-state index contributed by atoms with van der Waals surface area (Å²) in [4.78, 5) is 10.6. The molecule has 1 aromatic rings. The summed E-state index contributed by atoms with van der Waals surface area (Å²) >= 11 is 0. The third kappa shape index (κ3) is 4.47. The average molecular weight is 236 g/mol. The number of aliphatic carboxylic acids is 1. The Bertz CT molecular complexity index is 385. The van der Waals surface area contributed by atoms with Crippen molar-refractivity contribution in [3.8, 4) is 5.75 Å². The van der Waals surface area contributed by atoms with Crippen LogP contribution in [0.5, 0.6) is 5.75 Å². The summed E-state index contributed by atoms with van der Waals surface area (Å²) in [5.74, 6) is 0.326. The Kier molecular flexibility index (Phi) is 5.01. The van der Waals surface area contributed by atoms with Crippen molar-refractivity contribution in [2.45, 2.75) is 33.6 Å². The van der Waals surface area contributed by atoms with Gasteiger partial charge in [0.15, 0.2) is 0 Å². The summed E-state index contributed by atoms with van der Waals surface area (Å²) in [5.41, 5.74) is 2.27. The van der Waals surface area contributed by atoms with Gasteiger partial charge in [0.1, 0.15) is 5.75 Å². The number of ether oxygens (including phenoxy) is 1. The van der Waals surface area contributed by atoms with E-state index < -0.39 is 5.97 Å². The van der Waals surface area contributed by atoms with Gasteiger partial charge in [-0.25, -0.2) is 0 Å². The Morgan fingerprint density at radius 1 is 1.47 bits per heavy atom. The molecule has 0 spiro atoms. The summed E-state index contributed by atoms with van der Waals surface area (Å²) in [6, 6.07) is 6.04. The molecule has 17 heavy (non-hydrogen) atoms. The summed E-state index contributed by atoms with van der Waals surface area (Å²) < 4.78 is 5.47. The summed E-state index contributed by atoms with van der Waals surface area (Å²) in [6.45, 7) is 6.59. The van der Waals surface area contributed by atoms with Crippen LogP contribution in [-0.4, -0.2) is 17.7 Å². The predicted octanol–water partition coefficient (Wildman–Crippen LogP) is 3.05. The van der Waals surface area contributed by atoms with Gasteiger partial charge in [-0.15, -0.1) is 0 Å². The fourth-order valence-electron chi connectivity index (χ4n) is 1.93. The molecule has 0 radical (unpaired) electrons. The number of hydrogen-bond donors (Lipinski definition) is 1. The molecular weight excluding hydrogens is 216 g/mol. The van der Waals surface area contributed by atoms with E-state index in [1.807, 2.05) is 32.9 Å². The number of hydrogen-bond acceptors (Lipinski definition) is 2. The zero-order chi connectivity index (χ0) is 12.8. The lowest BCUT2D eigenvalue weighted by Crippen LogP contribution is -2.07. The molecule has 94 valence electrons. The van der Waals surface area contributed by atoms with Crippen LogP contribution in [0.3, 0.4) is 0 Å². The Balaban J connectivity index is 2.66. The molecule has 1 atom stereocenters. The molecule has 3 nitrogen and oxygen atoms in total. The first-order chi connectivity index (χ1) is 8.02. The van der Waals surface area contributed by atoms with Crippen LogP contribution in [0, 0.1) is 12.8 Å². The van der Waals surface area contributed by atoms with E-state index in [1.54, 1.807) is 0 Å². The lowest BCUT2D eigenvalue weighted by molar-refractivity contribution is -0.137. The van der Waals surface area contributed by atoms with Gasteiger partial charge < -0.3 is 9.84 Å². The van der Waals surface area contributed by atoms with E-state index in [0.29, 0.717) is 6.61 Å².